The normalized spacial score (nSPS) is 22.2. The topological polar surface area (TPSA) is 54.0 Å². The highest BCUT2D eigenvalue weighted by Gasteiger charge is 2.51. The Kier molecular flexibility index (Phi) is 4.24. The Labute approximate surface area is 170 Å². The number of ether oxygens (including phenoxy) is 2. The summed E-state index contributed by atoms with van der Waals surface area (Å²) < 4.78 is 12.2. The van der Waals surface area contributed by atoms with E-state index in [1.54, 1.807) is 14.0 Å². The van der Waals surface area contributed by atoms with Crippen LogP contribution < -0.4 is 14.9 Å². The number of para-hydroxylation sites is 2. The highest BCUT2D eigenvalue weighted by Crippen LogP contribution is 2.48. The number of hydrogen-bond acceptors (Lipinski definition) is 5. The Hall–Kier alpha value is -2.99. The molecule has 150 valence electrons. The monoisotopic (exact) mass is 391 g/mol. The Morgan fingerprint density at radius 1 is 1.14 bits per heavy atom. The number of hydrogen-bond donors (Lipinski definition) is 1. The molecule has 1 N–H and O–H groups in total. The standard InChI is InChI=1S/C23H25N3O3/c1-16(27)25-13-11-23(12-14-25)26-20(18-8-4-6-10-22(18)29-23)15-19(24-26)17-7-3-5-9-21(17)28-2/h3-10,15,20,24H,11-14H2,1-2H3/t20-/m0/s1. The van der Waals surface area contributed by atoms with E-state index in [2.05, 4.69) is 28.6 Å². The van der Waals surface area contributed by atoms with E-state index < -0.39 is 5.72 Å². The van der Waals surface area contributed by atoms with Crippen LogP contribution in [0.2, 0.25) is 0 Å². The largest absolute Gasteiger partial charge is 0.496 e. The number of piperidine rings is 1. The smallest absolute Gasteiger partial charge is 0.219 e. The quantitative estimate of drug-likeness (QED) is 0.851. The molecule has 2 aromatic rings. The maximum absolute atomic E-state index is 11.8. The molecule has 3 heterocycles. The van der Waals surface area contributed by atoms with Crippen LogP contribution in [0.3, 0.4) is 0 Å². The molecule has 1 amide bonds. The summed E-state index contributed by atoms with van der Waals surface area (Å²) in [4.78, 5) is 13.7. The van der Waals surface area contributed by atoms with Crippen LogP contribution in [0.25, 0.3) is 5.70 Å². The van der Waals surface area contributed by atoms with Crippen LogP contribution in [0, 0.1) is 0 Å². The summed E-state index contributed by atoms with van der Waals surface area (Å²) in [6, 6.07) is 16.3. The van der Waals surface area contributed by atoms with Gasteiger partial charge in [0, 0.05) is 44.0 Å². The fraction of sp³-hybridized carbons (Fsp3) is 0.348. The molecule has 6 nitrogen and oxygen atoms in total. The molecule has 6 heteroatoms. The summed E-state index contributed by atoms with van der Waals surface area (Å²) in [5, 5.41) is 2.23. The second-order valence-corrected chi connectivity index (χ2v) is 7.80. The predicted octanol–water partition coefficient (Wildman–Crippen LogP) is 3.33. The van der Waals surface area contributed by atoms with Crippen molar-refractivity contribution in [3.05, 3.63) is 65.7 Å². The third-order valence-electron chi connectivity index (χ3n) is 6.21. The summed E-state index contributed by atoms with van der Waals surface area (Å²) in [6.45, 7) is 3.01. The lowest BCUT2D eigenvalue weighted by Gasteiger charge is -2.51. The van der Waals surface area contributed by atoms with Crippen LogP contribution in [0.15, 0.2) is 54.6 Å². The minimum Gasteiger partial charge on any atom is -0.496 e. The number of rotatable bonds is 2. The second kappa shape index (κ2) is 6.81. The van der Waals surface area contributed by atoms with Gasteiger partial charge in [0.05, 0.1) is 18.8 Å². The van der Waals surface area contributed by atoms with Crippen molar-refractivity contribution in [2.45, 2.75) is 31.5 Å². The molecule has 1 atom stereocenters. The molecule has 0 unspecified atom stereocenters. The van der Waals surface area contributed by atoms with E-state index in [0.717, 1.165) is 41.2 Å². The number of nitrogens with one attached hydrogen (secondary N) is 1. The van der Waals surface area contributed by atoms with Gasteiger partial charge >= 0.3 is 0 Å². The Morgan fingerprint density at radius 3 is 2.62 bits per heavy atom. The average molecular weight is 391 g/mol. The number of fused-ring (bicyclic) bond motifs is 4. The van der Waals surface area contributed by atoms with Gasteiger partial charge in [0.2, 0.25) is 5.91 Å². The number of amides is 1. The summed E-state index contributed by atoms with van der Waals surface area (Å²) >= 11 is 0. The number of carbonyl (C=O) groups excluding carboxylic acids is 1. The molecule has 1 fully saturated rings. The van der Waals surface area contributed by atoms with Gasteiger partial charge in [0.15, 0.2) is 5.72 Å². The number of hydrazine groups is 1. The van der Waals surface area contributed by atoms with Gasteiger partial charge in [-0.3, -0.25) is 4.79 Å². The number of carbonyl (C=O) groups is 1. The predicted molar refractivity (Wildman–Crippen MR) is 110 cm³/mol. The zero-order chi connectivity index (χ0) is 20.0. The van der Waals surface area contributed by atoms with E-state index in [4.69, 9.17) is 9.47 Å². The first-order chi connectivity index (χ1) is 14.1. The molecule has 0 radical (unpaired) electrons. The van der Waals surface area contributed by atoms with Crippen LogP contribution in [0.4, 0.5) is 0 Å². The van der Waals surface area contributed by atoms with Gasteiger partial charge in [-0.1, -0.05) is 30.3 Å². The summed E-state index contributed by atoms with van der Waals surface area (Å²) in [5.74, 6) is 1.87. The summed E-state index contributed by atoms with van der Waals surface area (Å²) in [5.41, 5.74) is 6.30. The van der Waals surface area contributed by atoms with Crippen LogP contribution in [-0.4, -0.2) is 41.7 Å². The van der Waals surface area contributed by atoms with E-state index in [-0.39, 0.29) is 11.9 Å². The lowest BCUT2D eigenvalue weighted by Crippen LogP contribution is -2.64. The molecule has 1 saturated heterocycles. The molecule has 0 aliphatic carbocycles. The second-order valence-electron chi connectivity index (χ2n) is 7.80. The lowest BCUT2D eigenvalue weighted by molar-refractivity contribution is -0.165. The first-order valence-electron chi connectivity index (χ1n) is 10.1. The first-order valence-corrected chi connectivity index (χ1v) is 10.1. The Balaban J connectivity index is 1.54. The zero-order valence-electron chi connectivity index (χ0n) is 16.7. The SMILES string of the molecule is COc1ccccc1C1=C[C@H]2c3ccccc3OC3(CCN(C(C)=O)CC3)N2N1. The number of methoxy groups -OCH3 is 1. The molecular weight excluding hydrogens is 366 g/mol. The molecule has 2 aromatic carbocycles. The molecule has 0 saturated carbocycles. The third kappa shape index (κ3) is 2.86. The van der Waals surface area contributed by atoms with Crippen molar-refractivity contribution in [2.75, 3.05) is 20.2 Å². The molecule has 3 aliphatic heterocycles. The highest BCUT2D eigenvalue weighted by atomic mass is 16.5. The van der Waals surface area contributed by atoms with Crippen molar-refractivity contribution in [1.29, 1.82) is 0 Å². The summed E-state index contributed by atoms with van der Waals surface area (Å²) in [7, 11) is 1.69. The minimum atomic E-state index is -0.495. The first kappa shape index (κ1) is 18.1. The maximum atomic E-state index is 11.8. The maximum Gasteiger partial charge on any atom is 0.219 e. The van der Waals surface area contributed by atoms with Gasteiger partial charge < -0.3 is 19.8 Å². The van der Waals surface area contributed by atoms with Gasteiger partial charge in [-0.2, -0.15) is 5.01 Å². The van der Waals surface area contributed by atoms with E-state index in [9.17, 15) is 4.79 Å². The van der Waals surface area contributed by atoms with Crippen molar-refractivity contribution in [3.63, 3.8) is 0 Å². The number of nitrogens with zero attached hydrogens (tertiary/aromatic N) is 2. The van der Waals surface area contributed by atoms with Crippen LogP contribution in [0.5, 0.6) is 11.5 Å². The van der Waals surface area contributed by atoms with Crippen molar-refractivity contribution in [3.8, 4) is 11.5 Å². The van der Waals surface area contributed by atoms with Crippen LogP contribution in [-0.2, 0) is 4.79 Å². The Morgan fingerprint density at radius 2 is 1.86 bits per heavy atom. The lowest BCUT2D eigenvalue weighted by atomic mass is 9.92. The van der Waals surface area contributed by atoms with Gasteiger partial charge in [0.25, 0.3) is 0 Å². The van der Waals surface area contributed by atoms with Crippen LogP contribution in [0.1, 0.15) is 36.9 Å². The van der Waals surface area contributed by atoms with Crippen molar-refractivity contribution in [2.24, 2.45) is 0 Å². The van der Waals surface area contributed by atoms with Gasteiger partial charge in [-0.25, -0.2) is 0 Å². The van der Waals surface area contributed by atoms with E-state index in [1.807, 2.05) is 41.3 Å². The molecule has 29 heavy (non-hydrogen) atoms. The molecule has 5 rings (SSSR count). The molecular formula is C23H25N3O3. The average Bonchev–Trinajstić information content (AvgIpc) is 3.21. The van der Waals surface area contributed by atoms with E-state index >= 15 is 0 Å². The fourth-order valence-corrected chi connectivity index (χ4v) is 4.66. The molecule has 3 aliphatic rings. The molecule has 1 spiro atoms. The van der Waals surface area contributed by atoms with Gasteiger partial charge in [-0.05, 0) is 24.3 Å². The zero-order valence-corrected chi connectivity index (χ0v) is 16.7. The number of likely N-dealkylation sites (tertiary alicyclic amines) is 1. The molecule has 0 aromatic heterocycles. The van der Waals surface area contributed by atoms with Crippen molar-refractivity contribution in [1.82, 2.24) is 15.3 Å². The molecule has 0 bridgehead atoms. The fourth-order valence-electron chi connectivity index (χ4n) is 4.66. The van der Waals surface area contributed by atoms with Crippen molar-refractivity contribution >= 4 is 11.6 Å². The van der Waals surface area contributed by atoms with Crippen LogP contribution >= 0.6 is 0 Å². The number of benzene rings is 2. The van der Waals surface area contributed by atoms with Crippen molar-refractivity contribution < 1.29 is 14.3 Å². The Bertz CT molecular complexity index is 979. The van der Waals surface area contributed by atoms with E-state index in [1.165, 1.54) is 0 Å². The third-order valence-corrected chi connectivity index (χ3v) is 6.21. The minimum absolute atomic E-state index is 0.0590. The highest BCUT2D eigenvalue weighted by molar-refractivity contribution is 5.73. The van der Waals surface area contributed by atoms with Gasteiger partial charge in [-0.15, -0.1) is 0 Å². The van der Waals surface area contributed by atoms with Gasteiger partial charge in [0.1, 0.15) is 11.5 Å². The van der Waals surface area contributed by atoms with E-state index in [0.29, 0.717) is 13.1 Å². The summed E-state index contributed by atoms with van der Waals surface area (Å²) in [6.07, 6.45) is 3.74.